The van der Waals surface area contributed by atoms with Crippen LogP contribution in [0.4, 0.5) is 5.69 Å². The Balaban J connectivity index is 1.66. The highest BCUT2D eigenvalue weighted by Crippen LogP contribution is 2.43. The lowest BCUT2D eigenvalue weighted by molar-refractivity contribution is -0.136. The number of furan rings is 1. The second-order valence-corrected chi connectivity index (χ2v) is 7.01. The van der Waals surface area contributed by atoms with Crippen molar-refractivity contribution < 1.29 is 18.7 Å². The van der Waals surface area contributed by atoms with Crippen LogP contribution in [0.25, 0.3) is 0 Å². The highest BCUT2D eigenvalue weighted by molar-refractivity contribution is 6.08. The number of ether oxygens (including phenoxy) is 1. The average Bonchev–Trinajstić information content (AvgIpc) is 3.20. The maximum Gasteiger partial charge on any atom is 0.258 e. The van der Waals surface area contributed by atoms with Crippen LogP contribution in [-0.2, 0) is 14.9 Å². The molecule has 6 heteroatoms. The lowest BCUT2D eigenvalue weighted by Gasteiger charge is -2.48. The second-order valence-electron chi connectivity index (χ2n) is 7.01. The van der Waals surface area contributed by atoms with Gasteiger partial charge in [-0.2, -0.15) is 0 Å². The lowest BCUT2D eigenvalue weighted by atomic mass is 9.68. The molecule has 3 heterocycles. The van der Waals surface area contributed by atoms with Gasteiger partial charge in [0.15, 0.2) is 0 Å². The molecule has 1 saturated heterocycles. The fraction of sp³-hybridized carbons (Fsp3) is 0.400. The zero-order chi connectivity index (χ0) is 18.1. The molecule has 0 bridgehead atoms. The van der Waals surface area contributed by atoms with E-state index in [1.54, 1.807) is 17.4 Å². The van der Waals surface area contributed by atoms with Crippen LogP contribution < -0.4 is 4.90 Å². The standard InChI is InChI=1S/C20H22N2O4/c1-25-13-18(23)21-9-7-20(8-10-21)14-22(15-6-11-26-12-15)19(24)16-4-2-3-5-17(16)20/h2-6,11-12H,7-10,13-14H2,1H3. The zero-order valence-electron chi connectivity index (χ0n) is 14.8. The molecule has 0 aliphatic carbocycles. The fourth-order valence-corrected chi connectivity index (χ4v) is 4.18. The number of piperidine rings is 1. The molecule has 0 radical (unpaired) electrons. The minimum Gasteiger partial charge on any atom is -0.470 e. The smallest absolute Gasteiger partial charge is 0.258 e. The third kappa shape index (κ3) is 2.70. The molecule has 26 heavy (non-hydrogen) atoms. The first-order valence-electron chi connectivity index (χ1n) is 8.85. The number of carbonyl (C=O) groups excluding carboxylic acids is 2. The van der Waals surface area contributed by atoms with Gasteiger partial charge in [0.1, 0.15) is 12.9 Å². The Morgan fingerprint density at radius 3 is 2.69 bits per heavy atom. The molecular formula is C20H22N2O4. The summed E-state index contributed by atoms with van der Waals surface area (Å²) in [4.78, 5) is 28.8. The molecule has 136 valence electrons. The fourth-order valence-electron chi connectivity index (χ4n) is 4.18. The number of likely N-dealkylation sites (tertiary alicyclic amines) is 1. The third-order valence-corrected chi connectivity index (χ3v) is 5.59. The summed E-state index contributed by atoms with van der Waals surface area (Å²) in [6, 6.07) is 9.67. The summed E-state index contributed by atoms with van der Waals surface area (Å²) >= 11 is 0. The molecule has 1 fully saturated rings. The van der Waals surface area contributed by atoms with Crippen molar-refractivity contribution in [2.45, 2.75) is 18.3 Å². The van der Waals surface area contributed by atoms with E-state index in [2.05, 4.69) is 6.07 Å². The predicted octanol–water partition coefficient (Wildman–Crippen LogP) is 2.45. The number of methoxy groups -OCH3 is 1. The molecule has 0 atom stereocenters. The van der Waals surface area contributed by atoms with Crippen LogP contribution in [-0.4, -0.2) is 50.1 Å². The molecule has 1 aromatic heterocycles. The van der Waals surface area contributed by atoms with E-state index in [0.717, 1.165) is 29.7 Å². The molecule has 2 aliphatic heterocycles. The van der Waals surface area contributed by atoms with Gasteiger partial charge in [-0.25, -0.2) is 0 Å². The molecule has 1 aromatic carbocycles. The van der Waals surface area contributed by atoms with Gasteiger partial charge in [-0.15, -0.1) is 0 Å². The summed E-state index contributed by atoms with van der Waals surface area (Å²) < 4.78 is 10.2. The van der Waals surface area contributed by atoms with Crippen molar-refractivity contribution >= 4 is 17.5 Å². The number of carbonyl (C=O) groups is 2. The molecule has 2 aliphatic rings. The van der Waals surface area contributed by atoms with E-state index in [1.165, 1.54) is 7.11 Å². The number of rotatable bonds is 3. The first-order valence-corrected chi connectivity index (χ1v) is 8.85. The number of nitrogens with zero attached hydrogens (tertiary/aromatic N) is 2. The minimum absolute atomic E-state index is 0.00511. The van der Waals surface area contributed by atoms with Crippen molar-refractivity contribution in [2.24, 2.45) is 0 Å². The van der Waals surface area contributed by atoms with Crippen molar-refractivity contribution in [1.82, 2.24) is 4.90 Å². The summed E-state index contributed by atoms with van der Waals surface area (Å²) in [5.74, 6) is 0.0275. The molecule has 0 saturated carbocycles. The van der Waals surface area contributed by atoms with Crippen LogP contribution in [0, 0.1) is 0 Å². The third-order valence-electron chi connectivity index (χ3n) is 5.59. The van der Waals surface area contributed by atoms with Gasteiger partial charge in [-0.05, 0) is 24.5 Å². The summed E-state index contributed by atoms with van der Waals surface area (Å²) in [5.41, 5.74) is 2.48. The van der Waals surface area contributed by atoms with Crippen molar-refractivity contribution in [2.75, 3.05) is 38.3 Å². The van der Waals surface area contributed by atoms with Crippen LogP contribution >= 0.6 is 0 Å². The summed E-state index contributed by atoms with van der Waals surface area (Å²) in [6.07, 6.45) is 4.83. The van der Waals surface area contributed by atoms with Gasteiger partial charge in [-0.3, -0.25) is 9.59 Å². The molecule has 0 N–H and O–H groups in total. The number of fused-ring (bicyclic) bond motifs is 2. The number of anilines is 1. The summed E-state index contributed by atoms with van der Waals surface area (Å²) in [7, 11) is 1.54. The van der Waals surface area contributed by atoms with Crippen molar-refractivity contribution in [3.05, 3.63) is 54.0 Å². The van der Waals surface area contributed by atoms with Gasteiger partial charge in [0, 0.05) is 43.8 Å². The summed E-state index contributed by atoms with van der Waals surface area (Å²) in [5, 5.41) is 0. The monoisotopic (exact) mass is 354 g/mol. The maximum atomic E-state index is 13.0. The van der Waals surface area contributed by atoms with Gasteiger partial charge in [-0.1, -0.05) is 18.2 Å². The van der Waals surface area contributed by atoms with Gasteiger partial charge in [0.25, 0.3) is 5.91 Å². The maximum absolute atomic E-state index is 13.0. The Morgan fingerprint density at radius 2 is 2.00 bits per heavy atom. The molecule has 2 amide bonds. The Morgan fingerprint density at radius 1 is 1.23 bits per heavy atom. The number of benzene rings is 1. The molecule has 4 rings (SSSR count). The van der Waals surface area contributed by atoms with Crippen molar-refractivity contribution in [3.8, 4) is 0 Å². The van der Waals surface area contributed by atoms with Crippen molar-refractivity contribution in [3.63, 3.8) is 0 Å². The largest absolute Gasteiger partial charge is 0.470 e. The molecule has 0 unspecified atom stereocenters. The van der Waals surface area contributed by atoms with E-state index >= 15 is 0 Å². The normalized spacial score (nSPS) is 18.9. The number of hydrogen-bond acceptors (Lipinski definition) is 4. The Labute approximate surface area is 152 Å². The first kappa shape index (κ1) is 16.8. The van der Waals surface area contributed by atoms with Crippen LogP contribution in [0.1, 0.15) is 28.8 Å². The number of amides is 2. The van der Waals surface area contributed by atoms with Gasteiger partial charge < -0.3 is 19.0 Å². The second kappa shape index (κ2) is 6.61. The Bertz CT molecular complexity index is 807. The van der Waals surface area contributed by atoms with Crippen LogP contribution in [0.2, 0.25) is 0 Å². The molecule has 6 nitrogen and oxygen atoms in total. The summed E-state index contributed by atoms with van der Waals surface area (Å²) in [6.45, 7) is 2.06. The zero-order valence-corrected chi connectivity index (χ0v) is 14.8. The SMILES string of the molecule is COCC(=O)N1CCC2(CC1)CN(c1ccoc1)C(=O)c1ccccc12. The van der Waals surface area contributed by atoms with Gasteiger partial charge in [0.2, 0.25) is 5.91 Å². The van der Waals surface area contributed by atoms with E-state index < -0.39 is 0 Å². The van der Waals surface area contributed by atoms with E-state index in [9.17, 15) is 9.59 Å². The predicted molar refractivity (Wildman–Crippen MR) is 96.2 cm³/mol. The molecule has 1 spiro atoms. The number of hydrogen-bond donors (Lipinski definition) is 0. The highest BCUT2D eigenvalue weighted by Gasteiger charge is 2.45. The van der Waals surface area contributed by atoms with E-state index in [-0.39, 0.29) is 23.8 Å². The Hall–Kier alpha value is -2.60. The Kier molecular flexibility index (Phi) is 4.28. The van der Waals surface area contributed by atoms with Gasteiger partial charge in [0.05, 0.1) is 12.0 Å². The lowest BCUT2D eigenvalue weighted by Crippen LogP contribution is -2.55. The highest BCUT2D eigenvalue weighted by atomic mass is 16.5. The first-order chi connectivity index (χ1) is 12.6. The molecular weight excluding hydrogens is 332 g/mol. The van der Waals surface area contributed by atoms with Gasteiger partial charge >= 0.3 is 0 Å². The quantitative estimate of drug-likeness (QED) is 0.849. The minimum atomic E-state index is -0.147. The van der Waals surface area contributed by atoms with E-state index in [1.807, 2.05) is 29.2 Å². The van der Waals surface area contributed by atoms with Crippen LogP contribution in [0.5, 0.6) is 0 Å². The van der Waals surface area contributed by atoms with E-state index in [0.29, 0.717) is 19.6 Å². The molecule has 2 aromatic rings. The van der Waals surface area contributed by atoms with Crippen LogP contribution in [0.15, 0.2) is 47.3 Å². The topological polar surface area (TPSA) is 63.0 Å². The average molecular weight is 354 g/mol. The van der Waals surface area contributed by atoms with Crippen LogP contribution in [0.3, 0.4) is 0 Å². The van der Waals surface area contributed by atoms with E-state index in [4.69, 9.17) is 9.15 Å². The van der Waals surface area contributed by atoms with Crippen molar-refractivity contribution in [1.29, 1.82) is 0 Å².